The number of nitrogens with two attached hydrogens (primary N) is 1. The molecule has 3 rings (SSSR count). The van der Waals surface area contributed by atoms with Crippen LogP contribution in [0, 0.1) is 0 Å². The molecule has 0 aromatic carbocycles. The molecule has 0 aliphatic carbocycles. The average molecular weight is 281 g/mol. The molecule has 1 fully saturated rings. The molecule has 5 N–H and O–H groups in total. The van der Waals surface area contributed by atoms with E-state index in [0.717, 1.165) is 0 Å². The Labute approximate surface area is 113 Å². The molecule has 1 aliphatic rings. The molecular formula is C11H15N5O4. The topological polar surface area (TPSA) is 140 Å². The molecule has 0 saturated carbocycles. The van der Waals surface area contributed by atoms with Crippen molar-refractivity contribution in [2.75, 3.05) is 12.3 Å². The third kappa shape index (κ3) is 1.68. The highest BCUT2D eigenvalue weighted by Crippen LogP contribution is 2.39. The second-order valence-electron chi connectivity index (χ2n) is 4.97. The molecule has 9 heteroatoms. The Morgan fingerprint density at radius 3 is 2.90 bits per heavy atom. The minimum absolute atomic E-state index is 0.262. The van der Waals surface area contributed by atoms with E-state index < -0.39 is 30.6 Å². The summed E-state index contributed by atoms with van der Waals surface area (Å²) in [6.45, 7) is 1.00. The molecule has 0 radical (unpaired) electrons. The molecule has 2 aromatic rings. The van der Waals surface area contributed by atoms with Gasteiger partial charge in [-0.25, -0.2) is 14.6 Å². The number of aromatic nitrogens is 4. The summed E-state index contributed by atoms with van der Waals surface area (Å²) in [7, 11) is 0. The van der Waals surface area contributed by atoms with Gasteiger partial charge < -0.3 is 25.8 Å². The lowest BCUT2D eigenvalue weighted by atomic mass is 9.97. The van der Waals surface area contributed by atoms with E-state index in [1.54, 1.807) is 0 Å². The Morgan fingerprint density at radius 1 is 1.50 bits per heavy atom. The zero-order valence-corrected chi connectivity index (χ0v) is 10.7. The van der Waals surface area contributed by atoms with Gasteiger partial charge in [0.05, 0.1) is 18.2 Å². The molecule has 9 nitrogen and oxygen atoms in total. The largest absolute Gasteiger partial charge is 0.394 e. The number of aliphatic hydroxyl groups excluding tert-OH is 2. The van der Waals surface area contributed by atoms with Crippen LogP contribution in [0.1, 0.15) is 13.2 Å². The van der Waals surface area contributed by atoms with Gasteiger partial charge in [-0.15, -0.1) is 0 Å². The second kappa shape index (κ2) is 4.35. The Kier molecular flexibility index (Phi) is 2.87. The van der Waals surface area contributed by atoms with E-state index in [4.69, 9.17) is 15.6 Å². The summed E-state index contributed by atoms with van der Waals surface area (Å²) in [5.41, 5.74) is 4.48. The van der Waals surface area contributed by atoms with Crippen LogP contribution in [-0.4, -0.2) is 59.5 Å². The predicted molar refractivity (Wildman–Crippen MR) is 67.4 cm³/mol. The first kappa shape index (κ1) is 13.2. The summed E-state index contributed by atoms with van der Waals surface area (Å²) in [5.74, 6) is 0.262. The van der Waals surface area contributed by atoms with E-state index in [0.29, 0.717) is 11.0 Å². The van der Waals surface area contributed by atoms with Crippen molar-refractivity contribution in [3.8, 4) is 0 Å². The summed E-state index contributed by atoms with van der Waals surface area (Å²) in [5, 5.41) is 34.2. The number of anilines is 1. The van der Waals surface area contributed by atoms with Gasteiger partial charge >= 0.3 is 0 Å². The first-order valence-electron chi connectivity index (χ1n) is 6.07. The van der Waals surface area contributed by atoms with Gasteiger partial charge in [-0.3, -0.25) is 0 Å². The normalized spacial score (nSPS) is 33.9. The smallest absolute Gasteiger partial charge is 0.183 e. The maximum absolute atomic E-state index is 10.4. The van der Waals surface area contributed by atoms with Crippen LogP contribution in [0.5, 0.6) is 0 Å². The fraction of sp³-hybridized carbons (Fsp3) is 0.545. The van der Waals surface area contributed by atoms with Gasteiger partial charge in [-0.2, -0.15) is 5.10 Å². The molecule has 3 heterocycles. The number of nitrogen functional groups attached to an aromatic ring is 1. The first-order valence-corrected chi connectivity index (χ1v) is 6.07. The molecule has 0 amide bonds. The van der Waals surface area contributed by atoms with Crippen molar-refractivity contribution in [1.82, 2.24) is 19.7 Å². The van der Waals surface area contributed by atoms with Gasteiger partial charge in [0.25, 0.3) is 0 Å². The predicted octanol–water partition coefficient (Wildman–Crippen LogP) is -1.59. The lowest BCUT2D eigenvalue weighted by Crippen LogP contribution is -2.44. The zero-order valence-electron chi connectivity index (χ0n) is 10.7. The molecule has 20 heavy (non-hydrogen) atoms. The van der Waals surface area contributed by atoms with Crippen molar-refractivity contribution in [3.63, 3.8) is 0 Å². The third-order valence-electron chi connectivity index (χ3n) is 3.58. The number of nitrogens with zero attached hydrogens (tertiary/aromatic N) is 4. The van der Waals surface area contributed by atoms with Crippen LogP contribution >= 0.6 is 0 Å². The number of rotatable bonds is 2. The molecule has 0 spiro atoms. The lowest BCUT2D eigenvalue weighted by molar-refractivity contribution is -0.100. The third-order valence-corrected chi connectivity index (χ3v) is 3.58. The maximum atomic E-state index is 10.4. The van der Waals surface area contributed by atoms with Gasteiger partial charge in [-0.1, -0.05) is 0 Å². The Bertz CT molecular complexity index is 643. The van der Waals surface area contributed by atoms with Crippen molar-refractivity contribution in [2.45, 2.75) is 31.0 Å². The van der Waals surface area contributed by atoms with Crippen molar-refractivity contribution >= 4 is 16.9 Å². The van der Waals surface area contributed by atoms with Gasteiger partial charge in [0.15, 0.2) is 11.9 Å². The average Bonchev–Trinajstić information content (AvgIpc) is 2.92. The van der Waals surface area contributed by atoms with E-state index in [2.05, 4.69) is 15.1 Å². The number of aliphatic hydroxyl groups is 3. The molecule has 1 aliphatic heterocycles. The van der Waals surface area contributed by atoms with Crippen LogP contribution in [0.2, 0.25) is 0 Å². The minimum atomic E-state index is -1.62. The highest BCUT2D eigenvalue weighted by atomic mass is 16.6. The quantitative estimate of drug-likeness (QED) is 0.516. The number of hydrogen-bond acceptors (Lipinski definition) is 8. The maximum Gasteiger partial charge on any atom is 0.183 e. The summed E-state index contributed by atoms with van der Waals surface area (Å²) in [6, 6.07) is 0. The number of fused-ring (bicyclic) bond motifs is 1. The molecule has 1 saturated heterocycles. The van der Waals surface area contributed by atoms with Crippen molar-refractivity contribution in [3.05, 3.63) is 12.5 Å². The molecular weight excluding hydrogens is 266 g/mol. The van der Waals surface area contributed by atoms with E-state index >= 15 is 0 Å². The standard InChI is InChI=1S/C11H15N5O4/c1-11(19)7(18)6(3-17)20-10(11)16-9-5(2-15-16)8(12)13-4-14-9/h2,4,6-7,10,17-19H,3H2,1H3,(H2,12,13,14). The monoisotopic (exact) mass is 281 g/mol. The van der Waals surface area contributed by atoms with E-state index in [1.807, 2.05) is 0 Å². The Hall–Kier alpha value is -1.81. The van der Waals surface area contributed by atoms with Crippen LogP contribution in [-0.2, 0) is 4.74 Å². The molecule has 2 aromatic heterocycles. The summed E-state index contributed by atoms with van der Waals surface area (Å²) >= 11 is 0. The fourth-order valence-electron chi connectivity index (χ4n) is 2.40. The summed E-state index contributed by atoms with van der Waals surface area (Å²) < 4.78 is 6.81. The van der Waals surface area contributed by atoms with Crippen LogP contribution < -0.4 is 5.73 Å². The van der Waals surface area contributed by atoms with Crippen LogP contribution in [0.4, 0.5) is 5.82 Å². The number of hydrogen-bond donors (Lipinski definition) is 4. The van der Waals surface area contributed by atoms with Crippen molar-refractivity contribution in [1.29, 1.82) is 0 Å². The van der Waals surface area contributed by atoms with Crippen LogP contribution in [0.25, 0.3) is 11.0 Å². The van der Waals surface area contributed by atoms with E-state index in [1.165, 1.54) is 24.1 Å². The molecule has 4 atom stereocenters. The fourth-order valence-corrected chi connectivity index (χ4v) is 2.40. The SMILES string of the molecule is CC1(O)C(O)C(CO)OC1n1ncc2c(N)ncnc21. The van der Waals surface area contributed by atoms with Gasteiger partial charge in [0.2, 0.25) is 0 Å². The van der Waals surface area contributed by atoms with Gasteiger partial charge in [0, 0.05) is 0 Å². The van der Waals surface area contributed by atoms with Gasteiger partial charge in [-0.05, 0) is 6.92 Å². The number of ether oxygens (including phenoxy) is 1. The summed E-state index contributed by atoms with van der Waals surface area (Å²) in [4.78, 5) is 7.91. The van der Waals surface area contributed by atoms with E-state index in [9.17, 15) is 10.2 Å². The highest BCUT2D eigenvalue weighted by Gasteiger charge is 2.53. The Morgan fingerprint density at radius 2 is 2.25 bits per heavy atom. The highest BCUT2D eigenvalue weighted by molar-refractivity contribution is 5.84. The van der Waals surface area contributed by atoms with Crippen LogP contribution in [0.15, 0.2) is 12.5 Å². The lowest BCUT2D eigenvalue weighted by Gasteiger charge is -2.26. The van der Waals surface area contributed by atoms with E-state index in [-0.39, 0.29) is 5.82 Å². The second-order valence-corrected chi connectivity index (χ2v) is 4.97. The zero-order chi connectivity index (χ0) is 14.5. The van der Waals surface area contributed by atoms with Crippen LogP contribution in [0.3, 0.4) is 0 Å². The Balaban J connectivity index is 2.10. The van der Waals surface area contributed by atoms with Crippen molar-refractivity contribution < 1.29 is 20.1 Å². The molecule has 4 unspecified atom stereocenters. The van der Waals surface area contributed by atoms with Crippen molar-refractivity contribution in [2.24, 2.45) is 0 Å². The first-order chi connectivity index (χ1) is 9.46. The minimum Gasteiger partial charge on any atom is -0.394 e. The molecule has 0 bridgehead atoms. The summed E-state index contributed by atoms with van der Waals surface area (Å²) in [6.07, 6.45) is -0.381. The molecule has 108 valence electrons. The van der Waals surface area contributed by atoms with Gasteiger partial charge in [0.1, 0.15) is 30.0 Å².